The van der Waals surface area contributed by atoms with Crippen molar-refractivity contribution in [3.05, 3.63) is 107 Å². The van der Waals surface area contributed by atoms with Crippen LogP contribution in [0.1, 0.15) is 22.7 Å². The summed E-state index contributed by atoms with van der Waals surface area (Å²) in [6.45, 7) is 3.88. The molecule has 0 amide bonds. The lowest BCUT2D eigenvalue weighted by molar-refractivity contribution is 0.149. The van der Waals surface area contributed by atoms with Crippen LogP contribution in [0.5, 0.6) is 0 Å². The molecule has 0 radical (unpaired) electrons. The van der Waals surface area contributed by atoms with Gasteiger partial charge in [0.15, 0.2) is 5.11 Å². The number of benzene rings is 3. The second-order valence-electron chi connectivity index (χ2n) is 7.67. The van der Waals surface area contributed by atoms with Gasteiger partial charge in [-0.25, -0.2) is 8.78 Å². The minimum Gasteiger partial charge on any atom is -0.358 e. The van der Waals surface area contributed by atoms with Gasteiger partial charge in [-0.15, -0.1) is 0 Å². The summed E-state index contributed by atoms with van der Waals surface area (Å²) >= 11 is 5.61. The molecule has 4 rings (SSSR count). The van der Waals surface area contributed by atoms with E-state index in [9.17, 15) is 8.78 Å². The van der Waals surface area contributed by atoms with E-state index >= 15 is 0 Å². The van der Waals surface area contributed by atoms with Crippen LogP contribution in [-0.4, -0.2) is 41.1 Å². The molecule has 3 aromatic rings. The molecule has 0 unspecified atom stereocenters. The number of rotatable bonds is 5. The first-order valence-electron chi connectivity index (χ1n) is 10.4. The topological polar surface area (TPSA) is 18.5 Å². The molecule has 1 saturated heterocycles. The fraction of sp³-hybridized carbons (Fsp3) is 0.240. The van der Waals surface area contributed by atoms with Crippen molar-refractivity contribution in [2.24, 2.45) is 0 Å². The van der Waals surface area contributed by atoms with Crippen molar-refractivity contribution in [3.8, 4) is 0 Å². The maximum Gasteiger partial charge on any atom is 0.169 e. The molecule has 160 valence electrons. The second kappa shape index (κ2) is 9.98. The molecule has 1 fully saturated rings. The predicted octanol–water partition coefficient (Wildman–Crippen LogP) is 4.75. The molecule has 1 N–H and O–H groups in total. The zero-order valence-electron chi connectivity index (χ0n) is 17.2. The van der Waals surface area contributed by atoms with E-state index in [1.54, 1.807) is 0 Å². The lowest BCUT2D eigenvalue weighted by Gasteiger charge is -2.40. The maximum atomic E-state index is 13.5. The van der Waals surface area contributed by atoms with Gasteiger partial charge in [0.1, 0.15) is 11.6 Å². The number of thiocarbonyl (C=S) groups is 1. The Morgan fingerprint density at radius 1 is 0.774 bits per heavy atom. The quantitative estimate of drug-likeness (QED) is 0.581. The number of nitrogens with one attached hydrogen (secondary N) is 1. The zero-order chi connectivity index (χ0) is 21.6. The summed E-state index contributed by atoms with van der Waals surface area (Å²) in [6.07, 6.45) is 0. The van der Waals surface area contributed by atoms with E-state index in [0.717, 1.165) is 42.4 Å². The highest BCUT2D eigenvalue weighted by Gasteiger charge is 2.27. The maximum absolute atomic E-state index is 13.5. The number of nitrogens with zero attached hydrogens (tertiary/aromatic N) is 2. The molecule has 0 aromatic heterocycles. The zero-order valence-corrected chi connectivity index (χ0v) is 18.0. The lowest BCUT2D eigenvalue weighted by Crippen LogP contribution is -2.52. The third-order valence-corrected chi connectivity index (χ3v) is 6.03. The van der Waals surface area contributed by atoms with Gasteiger partial charge in [0.05, 0.1) is 6.04 Å². The molecule has 0 atom stereocenters. The summed E-state index contributed by atoms with van der Waals surface area (Å²) in [5.41, 5.74) is 3.17. The first kappa shape index (κ1) is 21.4. The third-order valence-electron chi connectivity index (χ3n) is 5.62. The van der Waals surface area contributed by atoms with Crippen LogP contribution in [-0.2, 0) is 6.54 Å². The molecule has 3 nitrogen and oxygen atoms in total. The average molecular weight is 438 g/mol. The highest BCUT2D eigenvalue weighted by molar-refractivity contribution is 7.80. The molecule has 1 heterocycles. The largest absolute Gasteiger partial charge is 0.358 e. The van der Waals surface area contributed by atoms with Gasteiger partial charge < -0.3 is 10.2 Å². The van der Waals surface area contributed by atoms with Crippen molar-refractivity contribution >= 4 is 17.3 Å². The van der Waals surface area contributed by atoms with Crippen LogP contribution >= 0.6 is 12.2 Å². The van der Waals surface area contributed by atoms with Crippen LogP contribution in [0.3, 0.4) is 0 Å². The monoisotopic (exact) mass is 437 g/mol. The van der Waals surface area contributed by atoms with Gasteiger partial charge in [0, 0.05) is 32.7 Å². The van der Waals surface area contributed by atoms with Crippen molar-refractivity contribution in [1.82, 2.24) is 15.1 Å². The summed E-state index contributed by atoms with van der Waals surface area (Å²) in [5.74, 6) is -0.525. The van der Waals surface area contributed by atoms with Gasteiger partial charge in [-0.2, -0.15) is 0 Å². The molecule has 6 heteroatoms. The number of hydrogen-bond donors (Lipinski definition) is 1. The number of piperazine rings is 1. The Kier molecular flexibility index (Phi) is 6.89. The molecule has 0 aliphatic carbocycles. The smallest absolute Gasteiger partial charge is 0.169 e. The fourth-order valence-electron chi connectivity index (χ4n) is 3.97. The molecule has 1 aliphatic rings. The van der Waals surface area contributed by atoms with E-state index in [2.05, 4.69) is 27.2 Å². The van der Waals surface area contributed by atoms with E-state index in [-0.39, 0.29) is 17.7 Å². The summed E-state index contributed by atoms with van der Waals surface area (Å²) in [7, 11) is 0. The molecule has 0 saturated carbocycles. The molecule has 1 aliphatic heterocycles. The van der Waals surface area contributed by atoms with Gasteiger partial charge >= 0.3 is 0 Å². The van der Waals surface area contributed by atoms with E-state index in [1.165, 1.54) is 29.8 Å². The predicted molar refractivity (Wildman–Crippen MR) is 124 cm³/mol. The minimum atomic E-state index is -0.263. The molecule has 31 heavy (non-hydrogen) atoms. The van der Waals surface area contributed by atoms with Crippen LogP contribution < -0.4 is 5.32 Å². The lowest BCUT2D eigenvalue weighted by atomic mass is 9.96. The first-order chi connectivity index (χ1) is 15.1. The standard InChI is InChI=1S/C25H25F2N3S/c26-22-10-6-20(7-11-22)24(21-8-12-23(27)13-9-21)29-14-16-30(17-15-29)25(31)28-18-19-4-2-1-3-5-19/h1-13,24H,14-18H2,(H,28,31). The van der Waals surface area contributed by atoms with Crippen molar-refractivity contribution in [2.45, 2.75) is 12.6 Å². The minimum absolute atomic E-state index is 0.0609. The Labute approximate surface area is 187 Å². The second-order valence-corrected chi connectivity index (χ2v) is 8.06. The SMILES string of the molecule is Fc1ccc(C(c2ccc(F)cc2)N2CCN(C(=S)NCc3ccccc3)CC2)cc1. The van der Waals surface area contributed by atoms with Gasteiger partial charge in [-0.3, -0.25) is 4.90 Å². The summed E-state index contributed by atoms with van der Waals surface area (Å²) in [4.78, 5) is 4.53. The molecule has 3 aromatic carbocycles. The van der Waals surface area contributed by atoms with Gasteiger partial charge in [-0.05, 0) is 53.2 Å². The van der Waals surface area contributed by atoms with Gasteiger partial charge in [-0.1, -0.05) is 54.6 Å². The van der Waals surface area contributed by atoms with Crippen LogP contribution in [0.25, 0.3) is 0 Å². The van der Waals surface area contributed by atoms with Crippen molar-refractivity contribution in [1.29, 1.82) is 0 Å². The molecular weight excluding hydrogens is 412 g/mol. The Bertz CT molecular complexity index is 940. The Hall–Kier alpha value is -2.83. The highest BCUT2D eigenvalue weighted by atomic mass is 32.1. The molecule has 0 bridgehead atoms. The number of halogens is 2. The highest BCUT2D eigenvalue weighted by Crippen LogP contribution is 2.30. The first-order valence-corrected chi connectivity index (χ1v) is 10.8. The Morgan fingerprint density at radius 2 is 1.29 bits per heavy atom. The van der Waals surface area contributed by atoms with E-state index in [0.29, 0.717) is 6.54 Å². The Morgan fingerprint density at radius 3 is 1.81 bits per heavy atom. The molecule has 0 spiro atoms. The van der Waals surface area contributed by atoms with Crippen molar-refractivity contribution in [3.63, 3.8) is 0 Å². The van der Waals surface area contributed by atoms with E-state index in [1.807, 2.05) is 42.5 Å². The van der Waals surface area contributed by atoms with Gasteiger partial charge in [0.2, 0.25) is 0 Å². The Balaban J connectivity index is 1.43. The normalized spacial score (nSPS) is 14.6. The average Bonchev–Trinajstić information content (AvgIpc) is 2.81. The van der Waals surface area contributed by atoms with E-state index in [4.69, 9.17) is 12.2 Å². The van der Waals surface area contributed by atoms with Crippen LogP contribution in [0.2, 0.25) is 0 Å². The third kappa shape index (κ3) is 5.46. The van der Waals surface area contributed by atoms with Crippen LogP contribution in [0, 0.1) is 11.6 Å². The summed E-state index contributed by atoms with van der Waals surface area (Å²) < 4.78 is 27.0. The van der Waals surface area contributed by atoms with Gasteiger partial charge in [0.25, 0.3) is 0 Å². The van der Waals surface area contributed by atoms with Crippen LogP contribution in [0.15, 0.2) is 78.9 Å². The summed E-state index contributed by atoms with van der Waals surface area (Å²) in [5, 5.41) is 4.10. The fourth-order valence-corrected chi connectivity index (χ4v) is 4.23. The van der Waals surface area contributed by atoms with Crippen LogP contribution in [0.4, 0.5) is 8.78 Å². The van der Waals surface area contributed by atoms with Crippen molar-refractivity contribution in [2.75, 3.05) is 26.2 Å². The summed E-state index contributed by atoms with van der Waals surface area (Å²) in [6, 6.07) is 23.3. The number of hydrogen-bond acceptors (Lipinski definition) is 2. The van der Waals surface area contributed by atoms with E-state index < -0.39 is 0 Å². The van der Waals surface area contributed by atoms with Crippen molar-refractivity contribution < 1.29 is 8.78 Å². The molecular formula is C25H25F2N3S.